The summed E-state index contributed by atoms with van der Waals surface area (Å²) < 4.78 is 18.7. The molecule has 6 nitrogen and oxygen atoms in total. The molecule has 5 aliphatic rings. The first-order chi connectivity index (χ1) is 13.8. The van der Waals surface area contributed by atoms with Gasteiger partial charge in [0, 0.05) is 18.3 Å². The normalized spacial score (nSPS) is 46.3. The summed E-state index contributed by atoms with van der Waals surface area (Å²) in [6.45, 7) is 10.6. The van der Waals surface area contributed by atoms with E-state index in [9.17, 15) is 4.79 Å². The van der Waals surface area contributed by atoms with Crippen LogP contribution in [-0.4, -0.2) is 29.9 Å². The van der Waals surface area contributed by atoms with E-state index in [4.69, 9.17) is 24.0 Å². The highest BCUT2D eigenvalue weighted by Crippen LogP contribution is 2.60. The fourth-order valence-corrected chi connectivity index (χ4v) is 6.29. The zero-order valence-electron chi connectivity index (χ0n) is 18.6. The van der Waals surface area contributed by atoms with Crippen LogP contribution < -0.4 is 0 Å². The van der Waals surface area contributed by atoms with Gasteiger partial charge in [0.1, 0.15) is 0 Å². The summed E-state index contributed by atoms with van der Waals surface area (Å²) in [5, 5.41) is 0. The van der Waals surface area contributed by atoms with Crippen LogP contribution >= 0.6 is 0 Å². The maximum atomic E-state index is 12.9. The van der Waals surface area contributed by atoms with Crippen molar-refractivity contribution in [2.75, 3.05) is 0 Å². The molecule has 0 radical (unpaired) electrons. The van der Waals surface area contributed by atoms with Crippen LogP contribution in [0.3, 0.4) is 0 Å². The molecule has 4 heterocycles. The summed E-state index contributed by atoms with van der Waals surface area (Å²) in [4.78, 5) is 24.9. The molecule has 8 atom stereocenters. The molecule has 0 N–H and O–H groups in total. The van der Waals surface area contributed by atoms with Crippen LogP contribution in [0.15, 0.2) is 0 Å². The van der Waals surface area contributed by atoms with E-state index < -0.39 is 24.0 Å². The van der Waals surface area contributed by atoms with Gasteiger partial charge in [-0.05, 0) is 50.9 Å². The number of esters is 1. The molecule has 1 aliphatic carbocycles. The van der Waals surface area contributed by atoms with Gasteiger partial charge in [-0.15, -0.1) is 0 Å². The van der Waals surface area contributed by atoms with Crippen molar-refractivity contribution in [3.8, 4) is 0 Å². The average Bonchev–Trinajstić information content (AvgIpc) is 2.91. The van der Waals surface area contributed by atoms with Crippen LogP contribution in [0.5, 0.6) is 0 Å². The lowest BCUT2D eigenvalue weighted by molar-refractivity contribution is -0.576. The Bertz CT molecular complexity index is 604. The highest BCUT2D eigenvalue weighted by Gasteiger charge is 2.69. The van der Waals surface area contributed by atoms with E-state index in [-0.39, 0.29) is 23.7 Å². The van der Waals surface area contributed by atoms with Crippen LogP contribution in [0.1, 0.15) is 86.0 Å². The Morgan fingerprint density at radius 1 is 1.07 bits per heavy atom. The Morgan fingerprint density at radius 3 is 2.48 bits per heavy atom. The van der Waals surface area contributed by atoms with Gasteiger partial charge < -0.3 is 14.2 Å². The highest BCUT2D eigenvalue weighted by atomic mass is 17.3. The van der Waals surface area contributed by atoms with Crippen molar-refractivity contribution in [2.24, 2.45) is 29.6 Å². The SMILES string of the molecule is CCCC(CCC)C(=O)OC1O[C@@H]2O[C@]3(C)CC[C@H]4[C@H](C)CCC([C@H]1C)[C@@]24OO3. The van der Waals surface area contributed by atoms with Crippen LogP contribution in [0.2, 0.25) is 0 Å². The number of fused-ring (bicyclic) bond motifs is 2. The van der Waals surface area contributed by atoms with Gasteiger partial charge in [0.2, 0.25) is 12.1 Å². The molecular weight excluding hydrogens is 372 g/mol. The van der Waals surface area contributed by atoms with Crippen LogP contribution in [0.4, 0.5) is 0 Å². The van der Waals surface area contributed by atoms with Gasteiger partial charge in [-0.1, -0.05) is 40.5 Å². The van der Waals surface area contributed by atoms with Crippen molar-refractivity contribution >= 4 is 5.97 Å². The predicted octanol–water partition coefficient (Wildman–Crippen LogP) is 4.95. The quantitative estimate of drug-likeness (QED) is 0.456. The van der Waals surface area contributed by atoms with Gasteiger partial charge in [-0.2, -0.15) is 0 Å². The van der Waals surface area contributed by atoms with Crippen LogP contribution in [0, 0.1) is 29.6 Å². The van der Waals surface area contributed by atoms with E-state index >= 15 is 0 Å². The second-order valence-corrected chi connectivity index (χ2v) is 9.98. The summed E-state index contributed by atoms with van der Waals surface area (Å²) in [7, 11) is 0. The fraction of sp³-hybridized carbons (Fsp3) is 0.957. The van der Waals surface area contributed by atoms with Crippen LogP contribution in [-0.2, 0) is 28.8 Å². The first kappa shape index (κ1) is 21.5. The van der Waals surface area contributed by atoms with Gasteiger partial charge in [0.05, 0.1) is 5.92 Å². The van der Waals surface area contributed by atoms with Crippen molar-refractivity contribution < 1.29 is 28.8 Å². The smallest absolute Gasteiger partial charge is 0.311 e. The third kappa shape index (κ3) is 3.54. The first-order valence-electron chi connectivity index (χ1n) is 11.7. The lowest BCUT2D eigenvalue weighted by Gasteiger charge is -2.60. The zero-order chi connectivity index (χ0) is 20.8. The third-order valence-electron chi connectivity index (χ3n) is 7.94. The Morgan fingerprint density at radius 2 is 1.79 bits per heavy atom. The molecule has 166 valence electrons. The Kier molecular flexibility index (Phi) is 6.02. The molecule has 0 aromatic heterocycles. The monoisotopic (exact) mass is 410 g/mol. The molecule has 0 aromatic carbocycles. The number of rotatable bonds is 6. The second-order valence-electron chi connectivity index (χ2n) is 9.98. The maximum Gasteiger partial charge on any atom is 0.311 e. The topological polar surface area (TPSA) is 63.2 Å². The van der Waals surface area contributed by atoms with Gasteiger partial charge >= 0.3 is 5.97 Å². The maximum absolute atomic E-state index is 12.9. The van der Waals surface area contributed by atoms with Crippen molar-refractivity contribution in [1.29, 1.82) is 0 Å². The molecule has 29 heavy (non-hydrogen) atoms. The predicted molar refractivity (Wildman–Crippen MR) is 106 cm³/mol. The van der Waals surface area contributed by atoms with E-state index in [1.165, 1.54) is 0 Å². The minimum atomic E-state index is -0.806. The molecule has 0 amide bonds. The molecule has 4 saturated heterocycles. The first-order valence-corrected chi connectivity index (χ1v) is 11.7. The second kappa shape index (κ2) is 8.10. The van der Waals surface area contributed by atoms with Gasteiger partial charge in [0.25, 0.3) is 0 Å². The summed E-state index contributed by atoms with van der Waals surface area (Å²) >= 11 is 0. The van der Waals surface area contributed by atoms with Crippen molar-refractivity contribution in [1.82, 2.24) is 0 Å². The number of ether oxygens (including phenoxy) is 3. The molecule has 5 fully saturated rings. The average molecular weight is 411 g/mol. The van der Waals surface area contributed by atoms with Gasteiger partial charge in [0.15, 0.2) is 11.9 Å². The van der Waals surface area contributed by atoms with E-state index in [1.54, 1.807) is 0 Å². The lowest BCUT2D eigenvalue weighted by atomic mass is 9.58. The molecule has 4 aliphatic heterocycles. The summed E-state index contributed by atoms with van der Waals surface area (Å²) in [6.07, 6.45) is 6.43. The number of carbonyl (C=O) groups excluding carboxylic acids is 1. The lowest BCUT2D eigenvalue weighted by Crippen LogP contribution is -2.70. The molecule has 2 bridgehead atoms. The van der Waals surface area contributed by atoms with Crippen molar-refractivity contribution in [3.63, 3.8) is 0 Å². The number of carbonyl (C=O) groups is 1. The van der Waals surface area contributed by atoms with E-state index in [0.717, 1.165) is 51.4 Å². The van der Waals surface area contributed by atoms with E-state index in [2.05, 4.69) is 27.7 Å². The third-order valence-corrected chi connectivity index (χ3v) is 7.94. The molecule has 1 saturated carbocycles. The minimum Gasteiger partial charge on any atom is -0.435 e. The molecule has 0 aromatic rings. The van der Waals surface area contributed by atoms with Crippen molar-refractivity contribution in [3.05, 3.63) is 0 Å². The largest absolute Gasteiger partial charge is 0.435 e. The Labute approximate surface area is 174 Å². The number of hydrogen-bond donors (Lipinski definition) is 0. The summed E-state index contributed by atoms with van der Waals surface area (Å²) in [6, 6.07) is 0. The molecule has 5 rings (SSSR count). The molecule has 1 spiro atoms. The molecular formula is C23H38O6. The van der Waals surface area contributed by atoms with Crippen LogP contribution in [0.25, 0.3) is 0 Å². The van der Waals surface area contributed by atoms with E-state index in [1.807, 2.05) is 6.92 Å². The van der Waals surface area contributed by atoms with Gasteiger partial charge in [-0.25, -0.2) is 9.78 Å². The fourth-order valence-electron chi connectivity index (χ4n) is 6.29. The minimum absolute atomic E-state index is 0.0313. The number of hydrogen-bond acceptors (Lipinski definition) is 6. The molecule has 6 heteroatoms. The van der Waals surface area contributed by atoms with Gasteiger partial charge in [-0.3, -0.25) is 4.79 Å². The Balaban J connectivity index is 1.58. The van der Waals surface area contributed by atoms with Crippen molar-refractivity contribution in [2.45, 2.75) is 110 Å². The zero-order valence-corrected chi connectivity index (χ0v) is 18.6. The highest BCUT2D eigenvalue weighted by molar-refractivity contribution is 5.72. The summed E-state index contributed by atoms with van der Waals surface area (Å²) in [5.41, 5.74) is -0.609. The Hall–Kier alpha value is -0.690. The summed E-state index contributed by atoms with van der Waals surface area (Å²) in [5.74, 6) is 0.0586. The molecule has 2 unspecified atom stereocenters. The van der Waals surface area contributed by atoms with E-state index in [0.29, 0.717) is 11.8 Å². The standard InChI is InChI=1S/C23H38O6/c1-6-8-16(9-7-2)19(24)25-20-15(4)18-11-10-14(3)17-12-13-22(5)27-21(26-20)23(17,18)29-28-22/h14-18,20-21H,6-13H2,1-5H3/t14-,15-,17+,18?,20?,21-,22+,23-/m1/s1.